The van der Waals surface area contributed by atoms with Crippen molar-refractivity contribution < 1.29 is 23.4 Å². The average Bonchev–Trinajstić information content (AvgIpc) is 3.00. The van der Waals surface area contributed by atoms with Crippen LogP contribution in [0.3, 0.4) is 0 Å². The van der Waals surface area contributed by atoms with Crippen LogP contribution in [0.25, 0.3) is 10.8 Å². The summed E-state index contributed by atoms with van der Waals surface area (Å²) in [5.74, 6) is -3.14. The molecular weight excluding hydrogens is 466 g/mol. The first kappa shape index (κ1) is 25.9. The van der Waals surface area contributed by atoms with Crippen LogP contribution in [0.1, 0.15) is 61.7 Å². The number of carbonyl (C=O) groups is 1. The molecule has 2 N–H and O–H groups in total. The number of alkyl halides is 2. The quantitative estimate of drug-likeness (QED) is 0.491. The van der Waals surface area contributed by atoms with Gasteiger partial charge in [0.2, 0.25) is 0 Å². The van der Waals surface area contributed by atoms with Crippen LogP contribution in [0.15, 0.2) is 30.3 Å². The van der Waals surface area contributed by atoms with Crippen molar-refractivity contribution in [2.75, 3.05) is 24.4 Å². The second-order valence-corrected chi connectivity index (χ2v) is 10.2. The van der Waals surface area contributed by atoms with Crippen LogP contribution in [0.4, 0.5) is 20.3 Å². The van der Waals surface area contributed by atoms with E-state index in [0.29, 0.717) is 22.6 Å². The number of anilines is 2. The molecule has 9 heteroatoms. The topological polar surface area (TPSA) is 87.6 Å². The summed E-state index contributed by atoms with van der Waals surface area (Å²) in [5, 5.41) is 23.6. The molecule has 0 aliphatic carbocycles. The summed E-state index contributed by atoms with van der Waals surface area (Å²) in [4.78, 5) is 14.5. The Kier molecular flexibility index (Phi) is 6.08. The summed E-state index contributed by atoms with van der Waals surface area (Å²) >= 11 is 0. The highest BCUT2D eigenvalue weighted by Crippen LogP contribution is 2.45. The van der Waals surface area contributed by atoms with Crippen LogP contribution < -0.4 is 10.2 Å². The number of ether oxygens (including phenoxy) is 1. The molecule has 0 bridgehead atoms. The number of aryl methyl sites for hydroxylation is 1. The van der Waals surface area contributed by atoms with Crippen molar-refractivity contribution in [1.82, 2.24) is 10.2 Å². The minimum absolute atomic E-state index is 0.170. The first-order chi connectivity index (χ1) is 16.6. The van der Waals surface area contributed by atoms with E-state index in [1.54, 1.807) is 37.9 Å². The Morgan fingerprint density at radius 2 is 1.83 bits per heavy atom. The Morgan fingerprint density at radius 1 is 1.17 bits per heavy atom. The van der Waals surface area contributed by atoms with Crippen LogP contribution in [-0.2, 0) is 21.1 Å². The molecule has 0 spiro atoms. The van der Waals surface area contributed by atoms with Crippen molar-refractivity contribution in [2.45, 2.75) is 64.7 Å². The fourth-order valence-corrected chi connectivity index (χ4v) is 4.90. The van der Waals surface area contributed by atoms with E-state index in [4.69, 9.17) is 4.74 Å². The van der Waals surface area contributed by atoms with E-state index in [-0.39, 0.29) is 11.5 Å². The normalized spacial score (nSPS) is 19.1. The summed E-state index contributed by atoms with van der Waals surface area (Å²) in [6.07, 6.45) is 0. The van der Waals surface area contributed by atoms with Crippen LogP contribution in [0.2, 0.25) is 0 Å². The molecule has 192 valence electrons. The second-order valence-electron chi connectivity index (χ2n) is 10.2. The fraction of sp³-hybridized carbons (Fsp3) is 0.444. The fourth-order valence-electron chi connectivity index (χ4n) is 4.90. The highest BCUT2D eigenvalue weighted by atomic mass is 19.3. The Bertz CT molecular complexity index is 1370. The predicted molar refractivity (Wildman–Crippen MR) is 135 cm³/mol. The van der Waals surface area contributed by atoms with Crippen LogP contribution in [-0.4, -0.2) is 41.0 Å². The van der Waals surface area contributed by atoms with Crippen molar-refractivity contribution in [3.63, 3.8) is 0 Å². The van der Waals surface area contributed by atoms with Crippen LogP contribution >= 0.6 is 0 Å². The molecule has 2 aromatic carbocycles. The van der Waals surface area contributed by atoms with E-state index >= 15 is 8.78 Å². The van der Waals surface area contributed by atoms with E-state index in [1.807, 2.05) is 26.0 Å². The largest absolute Gasteiger partial charge is 0.384 e. The lowest BCUT2D eigenvalue weighted by molar-refractivity contribution is -0.168. The number of methoxy groups -OCH3 is 1. The maximum absolute atomic E-state index is 15.0. The molecular formula is C27H32F2N4O3. The Labute approximate surface area is 209 Å². The molecule has 1 aromatic heterocycles. The van der Waals surface area contributed by atoms with Gasteiger partial charge >= 0.3 is 5.92 Å². The van der Waals surface area contributed by atoms with Crippen molar-refractivity contribution in [3.8, 4) is 0 Å². The maximum atomic E-state index is 15.0. The first-order valence-corrected chi connectivity index (χ1v) is 11.8. The number of aliphatic hydroxyl groups is 1. The first-order valence-electron chi connectivity index (χ1n) is 11.8. The summed E-state index contributed by atoms with van der Waals surface area (Å²) in [7, 11) is 3.21. The van der Waals surface area contributed by atoms with Crippen molar-refractivity contribution in [2.24, 2.45) is 0 Å². The maximum Gasteiger partial charge on any atom is 0.300 e. The molecule has 3 aromatic rings. The zero-order valence-corrected chi connectivity index (χ0v) is 21.8. The summed E-state index contributed by atoms with van der Waals surface area (Å²) < 4.78 is 35.6. The number of halogens is 2. The molecule has 1 amide bonds. The van der Waals surface area contributed by atoms with E-state index in [2.05, 4.69) is 15.5 Å². The summed E-state index contributed by atoms with van der Waals surface area (Å²) in [6, 6.07) is 8.06. The predicted octanol–water partition coefficient (Wildman–Crippen LogP) is 5.12. The van der Waals surface area contributed by atoms with Gasteiger partial charge in [-0.2, -0.15) is 13.9 Å². The lowest BCUT2D eigenvalue weighted by Gasteiger charge is -2.31. The summed E-state index contributed by atoms with van der Waals surface area (Å²) in [5.41, 5.74) is -0.396. The van der Waals surface area contributed by atoms with E-state index < -0.39 is 23.2 Å². The number of hydrogen-bond donors (Lipinski definition) is 2. The van der Waals surface area contributed by atoms with Gasteiger partial charge in [0.25, 0.3) is 5.91 Å². The zero-order valence-electron chi connectivity index (χ0n) is 21.8. The number of hydrogen-bond acceptors (Lipinski definition) is 6. The van der Waals surface area contributed by atoms with Gasteiger partial charge in [-0.25, -0.2) is 0 Å². The van der Waals surface area contributed by atoms with Crippen molar-refractivity contribution in [1.29, 1.82) is 0 Å². The van der Waals surface area contributed by atoms with E-state index in [9.17, 15) is 9.90 Å². The number of likely N-dealkylation sites (N-methyl/N-ethyl adjacent to an activating group) is 1. The molecule has 1 unspecified atom stereocenters. The molecule has 0 saturated carbocycles. The SMILES string of the molecule is COC1(C)C(=O)N(C)c2cc3c(C)nnc(N[C@H](C)c4cccc(C(F)(F)C(C)(C)O)c4C)c3cc21. The molecule has 4 rings (SSSR count). The Hall–Kier alpha value is -3.17. The molecule has 0 radical (unpaired) electrons. The van der Waals surface area contributed by atoms with Gasteiger partial charge in [0, 0.05) is 36.1 Å². The smallest absolute Gasteiger partial charge is 0.300 e. The number of nitrogens with zero attached hydrogens (tertiary/aromatic N) is 3. The lowest BCUT2D eigenvalue weighted by Crippen LogP contribution is -2.40. The van der Waals surface area contributed by atoms with Gasteiger partial charge in [0.1, 0.15) is 5.60 Å². The van der Waals surface area contributed by atoms with Gasteiger partial charge in [-0.3, -0.25) is 4.79 Å². The molecule has 2 heterocycles. The number of fused-ring (bicyclic) bond motifs is 2. The third-order valence-corrected chi connectivity index (χ3v) is 7.38. The minimum atomic E-state index is -3.44. The Balaban J connectivity index is 1.80. The lowest BCUT2D eigenvalue weighted by atomic mass is 9.87. The summed E-state index contributed by atoms with van der Waals surface area (Å²) in [6.45, 7) is 9.25. The highest BCUT2D eigenvalue weighted by Gasteiger charge is 2.48. The monoisotopic (exact) mass is 498 g/mol. The van der Waals surface area contributed by atoms with E-state index in [0.717, 1.165) is 35.9 Å². The van der Waals surface area contributed by atoms with Crippen molar-refractivity contribution in [3.05, 3.63) is 58.3 Å². The molecule has 2 atom stereocenters. The number of benzene rings is 2. The molecule has 1 aliphatic heterocycles. The third-order valence-electron chi connectivity index (χ3n) is 7.38. The van der Waals surface area contributed by atoms with Gasteiger partial charge in [0.15, 0.2) is 11.4 Å². The van der Waals surface area contributed by atoms with Gasteiger partial charge in [0.05, 0.1) is 17.4 Å². The van der Waals surface area contributed by atoms with Crippen LogP contribution in [0, 0.1) is 13.8 Å². The zero-order chi connectivity index (χ0) is 26.8. The molecule has 7 nitrogen and oxygen atoms in total. The van der Waals surface area contributed by atoms with Crippen LogP contribution in [0.5, 0.6) is 0 Å². The Morgan fingerprint density at radius 3 is 2.44 bits per heavy atom. The molecule has 36 heavy (non-hydrogen) atoms. The number of carbonyl (C=O) groups excluding carboxylic acids is 1. The van der Waals surface area contributed by atoms with Gasteiger partial charge < -0.3 is 20.1 Å². The number of aromatic nitrogens is 2. The van der Waals surface area contributed by atoms with Gasteiger partial charge in [-0.1, -0.05) is 18.2 Å². The van der Waals surface area contributed by atoms with Gasteiger partial charge in [-0.15, -0.1) is 5.10 Å². The molecule has 0 fully saturated rings. The molecule has 0 saturated heterocycles. The second kappa shape index (κ2) is 8.45. The molecule has 1 aliphatic rings. The number of amides is 1. The van der Waals surface area contributed by atoms with E-state index in [1.165, 1.54) is 13.2 Å². The standard InChI is InChI=1S/C27H32F2N4O3/c1-14-17(10-9-11-20(14)27(28,29)25(4,5)35)15(2)30-23-19-12-21-22(13-18(19)16(3)31-32-23)33(7)24(34)26(21,6)36-8/h9-13,15,35H,1-8H3,(H,30,32)/t15-,26?/m1/s1. The van der Waals surface area contributed by atoms with Gasteiger partial charge in [-0.05, 0) is 64.8 Å². The van der Waals surface area contributed by atoms with Crippen molar-refractivity contribution >= 4 is 28.2 Å². The number of rotatable bonds is 6. The highest BCUT2D eigenvalue weighted by molar-refractivity contribution is 6.10. The average molecular weight is 499 g/mol. The number of nitrogens with one attached hydrogen (secondary N) is 1. The third kappa shape index (κ3) is 3.72. The minimum Gasteiger partial charge on any atom is -0.384 e.